The van der Waals surface area contributed by atoms with Crippen LogP contribution in [0.4, 0.5) is 0 Å². The molecule has 3 aliphatic rings. The van der Waals surface area contributed by atoms with Crippen LogP contribution in [0.2, 0.25) is 5.02 Å². The fraction of sp³-hybridized carbons (Fsp3) is 0.368. The van der Waals surface area contributed by atoms with Crippen molar-refractivity contribution in [3.63, 3.8) is 0 Å². The van der Waals surface area contributed by atoms with Crippen LogP contribution < -0.4 is 0 Å². The molecule has 0 spiro atoms. The molecule has 2 aliphatic heterocycles. The summed E-state index contributed by atoms with van der Waals surface area (Å²) in [7, 11) is 0. The van der Waals surface area contributed by atoms with Gasteiger partial charge in [0.15, 0.2) is 0 Å². The Kier molecular flexibility index (Phi) is 3.09. The fourth-order valence-electron chi connectivity index (χ4n) is 4.23. The topological polar surface area (TPSA) is 77.0 Å². The van der Waals surface area contributed by atoms with Gasteiger partial charge in [-0.3, -0.25) is 9.36 Å². The molecule has 27 heavy (non-hydrogen) atoms. The summed E-state index contributed by atoms with van der Waals surface area (Å²) in [6, 6.07) is 5.45. The molecule has 2 aromatic heterocycles. The summed E-state index contributed by atoms with van der Waals surface area (Å²) in [5, 5.41) is 4.63. The predicted molar refractivity (Wildman–Crippen MR) is 96.9 cm³/mol. The van der Waals surface area contributed by atoms with Crippen molar-refractivity contribution in [2.24, 2.45) is 0 Å². The SMILES string of the molecule is O=C1c2c(Cl)cccc2-n2cnc(-c3noc(C4CC4)n3)c2[C@@H]2CCCN12. The zero-order chi connectivity index (χ0) is 18.1. The molecule has 3 aromatic rings. The Morgan fingerprint density at radius 1 is 1.22 bits per heavy atom. The molecule has 8 heteroatoms. The van der Waals surface area contributed by atoms with E-state index in [-0.39, 0.29) is 11.9 Å². The van der Waals surface area contributed by atoms with Gasteiger partial charge in [-0.1, -0.05) is 22.8 Å². The van der Waals surface area contributed by atoms with Crippen molar-refractivity contribution in [1.29, 1.82) is 0 Å². The lowest BCUT2D eigenvalue weighted by Crippen LogP contribution is -2.29. The van der Waals surface area contributed by atoms with E-state index in [4.69, 9.17) is 16.1 Å². The number of hydrogen-bond donors (Lipinski definition) is 0. The Balaban J connectivity index is 1.59. The minimum atomic E-state index is -0.0682. The first-order chi connectivity index (χ1) is 13.2. The maximum Gasteiger partial charge on any atom is 0.258 e. The quantitative estimate of drug-likeness (QED) is 0.675. The first-order valence-corrected chi connectivity index (χ1v) is 9.61. The Bertz CT molecular complexity index is 1080. The summed E-state index contributed by atoms with van der Waals surface area (Å²) in [6.07, 6.45) is 5.76. The molecule has 0 bridgehead atoms. The predicted octanol–water partition coefficient (Wildman–Crippen LogP) is 3.74. The van der Waals surface area contributed by atoms with Crippen molar-refractivity contribution < 1.29 is 9.32 Å². The lowest BCUT2D eigenvalue weighted by Gasteiger charge is -2.22. The van der Waals surface area contributed by atoms with Crippen LogP contribution in [-0.2, 0) is 0 Å². The van der Waals surface area contributed by atoms with Gasteiger partial charge in [0.05, 0.1) is 28.0 Å². The molecule has 0 N–H and O–H groups in total. The third-order valence-electron chi connectivity index (χ3n) is 5.68. The third kappa shape index (κ3) is 2.15. The van der Waals surface area contributed by atoms with Crippen LogP contribution in [0.15, 0.2) is 29.0 Å². The Morgan fingerprint density at radius 3 is 2.96 bits per heavy atom. The zero-order valence-electron chi connectivity index (χ0n) is 14.4. The number of amides is 1. The van der Waals surface area contributed by atoms with Gasteiger partial charge in [-0.25, -0.2) is 4.98 Å². The standard InChI is InChI=1S/C19H16ClN5O2/c20-11-3-1-4-12-14(11)19(26)24-8-2-5-13(24)16-15(21-9-25(12)16)17-22-18(27-23-17)10-6-7-10/h1,3-4,9-10,13H,2,5-8H2/t13-/m0/s1. The lowest BCUT2D eigenvalue weighted by atomic mass is 10.1. The molecule has 1 amide bonds. The van der Waals surface area contributed by atoms with Gasteiger partial charge in [0, 0.05) is 12.5 Å². The highest BCUT2D eigenvalue weighted by atomic mass is 35.5. The van der Waals surface area contributed by atoms with Gasteiger partial charge in [-0.2, -0.15) is 4.98 Å². The second-order valence-electron chi connectivity index (χ2n) is 7.37. The van der Waals surface area contributed by atoms with Crippen molar-refractivity contribution in [3.05, 3.63) is 46.7 Å². The highest BCUT2D eigenvalue weighted by Crippen LogP contribution is 2.44. The molecule has 4 heterocycles. The van der Waals surface area contributed by atoms with Crippen LogP contribution in [0, 0.1) is 0 Å². The molecular weight excluding hydrogens is 366 g/mol. The summed E-state index contributed by atoms with van der Waals surface area (Å²) < 4.78 is 7.41. The number of halogens is 1. The molecule has 0 radical (unpaired) electrons. The van der Waals surface area contributed by atoms with Crippen LogP contribution in [0.3, 0.4) is 0 Å². The normalized spacial score (nSPS) is 21.0. The van der Waals surface area contributed by atoms with Crippen LogP contribution in [0.25, 0.3) is 17.2 Å². The minimum absolute atomic E-state index is 0.0282. The van der Waals surface area contributed by atoms with Crippen molar-refractivity contribution in [1.82, 2.24) is 24.6 Å². The zero-order valence-corrected chi connectivity index (χ0v) is 15.2. The maximum absolute atomic E-state index is 13.2. The number of aromatic nitrogens is 4. The average Bonchev–Trinajstić information content (AvgIpc) is 3.10. The van der Waals surface area contributed by atoms with E-state index < -0.39 is 0 Å². The van der Waals surface area contributed by atoms with Gasteiger partial charge in [-0.05, 0) is 37.8 Å². The van der Waals surface area contributed by atoms with Gasteiger partial charge in [0.1, 0.15) is 12.0 Å². The fourth-order valence-corrected chi connectivity index (χ4v) is 4.48. The molecule has 136 valence electrons. The number of rotatable bonds is 2. The smallest absolute Gasteiger partial charge is 0.258 e. The van der Waals surface area contributed by atoms with Crippen LogP contribution >= 0.6 is 11.6 Å². The molecule has 0 unspecified atom stereocenters. The monoisotopic (exact) mass is 381 g/mol. The van der Waals surface area contributed by atoms with Crippen LogP contribution in [0.5, 0.6) is 0 Å². The average molecular weight is 382 g/mol. The number of hydrogen-bond acceptors (Lipinski definition) is 5. The third-order valence-corrected chi connectivity index (χ3v) is 5.99. The second kappa shape index (κ2) is 5.42. The molecular formula is C19H16ClN5O2. The molecule has 1 saturated heterocycles. The highest BCUT2D eigenvalue weighted by Gasteiger charge is 2.41. The lowest BCUT2D eigenvalue weighted by molar-refractivity contribution is 0.0739. The van der Waals surface area contributed by atoms with Crippen LogP contribution in [0.1, 0.15) is 59.6 Å². The molecule has 1 atom stereocenters. The van der Waals surface area contributed by atoms with E-state index in [1.807, 2.05) is 21.6 Å². The van der Waals surface area contributed by atoms with E-state index in [9.17, 15) is 4.79 Å². The summed E-state index contributed by atoms with van der Waals surface area (Å²) in [6.45, 7) is 0.707. The molecule has 1 saturated carbocycles. The summed E-state index contributed by atoms with van der Waals surface area (Å²) in [5.74, 6) is 1.54. The number of nitrogens with zero attached hydrogens (tertiary/aromatic N) is 5. The molecule has 1 aromatic carbocycles. The van der Waals surface area contributed by atoms with Gasteiger partial charge >= 0.3 is 0 Å². The molecule has 1 aliphatic carbocycles. The van der Waals surface area contributed by atoms with Gasteiger partial charge in [-0.15, -0.1) is 0 Å². The molecule has 6 rings (SSSR count). The van der Waals surface area contributed by atoms with E-state index in [0.717, 1.165) is 37.1 Å². The van der Waals surface area contributed by atoms with Gasteiger partial charge in [0.2, 0.25) is 11.7 Å². The van der Waals surface area contributed by atoms with E-state index in [1.165, 1.54) is 0 Å². The first kappa shape index (κ1) is 15.4. The van der Waals surface area contributed by atoms with Gasteiger partial charge < -0.3 is 9.42 Å². The Morgan fingerprint density at radius 2 is 2.11 bits per heavy atom. The number of carbonyl (C=O) groups is 1. The number of fused-ring (bicyclic) bond motifs is 5. The van der Waals surface area contributed by atoms with E-state index in [1.54, 1.807) is 12.4 Å². The number of carbonyl (C=O) groups excluding carboxylic acids is 1. The number of imidazole rings is 1. The van der Waals surface area contributed by atoms with E-state index in [0.29, 0.717) is 40.5 Å². The van der Waals surface area contributed by atoms with Crippen molar-refractivity contribution >= 4 is 17.5 Å². The Hall–Kier alpha value is -2.67. The van der Waals surface area contributed by atoms with Crippen LogP contribution in [-0.4, -0.2) is 37.0 Å². The van der Waals surface area contributed by atoms with Gasteiger partial charge in [0.25, 0.3) is 5.91 Å². The van der Waals surface area contributed by atoms with E-state index in [2.05, 4.69) is 15.1 Å². The van der Waals surface area contributed by atoms with Crippen molar-refractivity contribution in [2.45, 2.75) is 37.6 Å². The summed E-state index contributed by atoms with van der Waals surface area (Å²) in [4.78, 5) is 24.3. The first-order valence-electron chi connectivity index (χ1n) is 9.23. The van der Waals surface area contributed by atoms with Crippen molar-refractivity contribution in [2.75, 3.05) is 6.54 Å². The second-order valence-corrected chi connectivity index (χ2v) is 7.78. The summed E-state index contributed by atoms with van der Waals surface area (Å²) in [5.41, 5.74) is 2.90. The molecule has 2 fully saturated rings. The summed E-state index contributed by atoms with van der Waals surface area (Å²) >= 11 is 6.41. The number of benzene rings is 1. The van der Waals surface area contributed by atoms with E-state index >= 15 is 0 Å². The maximum atomic E-state index is 13.2. The largest absolute Gasteiger partial charge is 0.339 e. The highest BCUT2D eigenvalue weighted by molar-refractivity contribution is 6.34. The Labute approximate surface area is 159 Å². The molecule has 7 nitrogen and oxygen atoms in total. The van der Waals surface area contributed by atoms with Crippen molar-refractivity contribution in [3.8, 4) is 17.2 Å². The minimum Gasteiger partial charge on any atom is -0.339 e.